The lowest BCUT2D eigenvalue weighted by atomic mass is 10.1. The number of hydrogen-bond donors (Lipinski definition) is 1. The van der Waals surface area contributed by atoms with Crippen LogP contribution in [0.1, 0.15) is 15.9 Å². The van der Waals surface area contributed by atoms with Gasteiger partial charge in [-0.25, -0.2) is 9.18 Å². The normalized spacial score (nSPS) is 9.53. The summed E-state index contributed by atoms with van der Waals surface area (Å²) >= 11 is 0. The van der Waals surface area contributed by atoms with Gasteiger partial charge < -0.3 is 10.1 Å². The number of anilines is 1. The van der Waals surface area contributed by atoms with Crippen LogP contribution in [0, 0.1) is 12.7 Å². The van der Waals surface area contributed by atoms with Crippen molar-refractivity contribution in [3.8, 4) is 0 Å². The van der Waals surface area contributed by atoms with Crippen molar-refractivity contribution < 1.29 is 18.7 Å². The molecular weight excluding hydrogens is 201 g/mol. The zero-order valence-corrected chi connectivity index (χ0v) is 8.33. The second-order valence-corrected chi connectivity index (χ2v) is 2.88. The van der Waals surface area contributed by atoms with Crippen LogP contribution in [0.25, 0.3) is 0 Å². The fourth-order valence-electron chi connectivity index (χ4n) is 1.13. The summed E-state index contributed by atoms with van der Waals surface area (Å²) in [6, 6.07) is 2.43. The van der Waals surface area contributed by atoms with E-state index in [1.54, 1.807) is 0 Å². The van der Waals surface area contributed by atoms with Crippen LogP contribution < -0.4 is 5.32 Å². The van der Waals surface area contributed by atoms with Crippen LogP contribution in [-0.2, 0) is 9.53 Å². The Morgan fingerprint density at radius 3 is 2.73 bits per heavy atom. The van der Waals surface area contributed by atoms with Crippen molar-refractivity contribution in [1.29, 1.82) is 0 Å². The summed E-state index contributed by atoms with van der Waals surface area (Å²) in [5, 5.41) is 2.31. The molecule has 0 heterocycles. The number of ether oxygens (including phenoxy) is 1. The molecule has 0 atom stereocenters. The van der Waals surface area contributed by atoms with Crippen molar-refractivity contribution >= 4 is 18.1 Å². The number of nitrogens with one attached hydrogen (secondary N) is 1. The van der Waals surface area contributed by atoms with Crippen LogP contribution in [0.5, 0.6) is 0 Å². The molecule has 0 unspecified atom stereocenters. The summed E-state index contributed by atoms with van der Waals surface area (Å²) in [6.07, 6.45) is 0.419. The van der Waals surface area contributed by atoms with Gasteiger partial charge in [-0.3, -0.25) is 4.79 Å². The fraction of sp³-hybridized carbons (Fsp3) is 0.200. The van der Waals surface area contributed by atoms with Gasteiger partial charge in [0.1, 0.15) is 5.82 Å². The van der Waals surface area contributed by atoms with E-state index in [2.05, 4.69) is 10.1 Å². The molecule has 0 radical (unpaired) electrons. The Hall–Kier alpha value is -1.91. The molecule has 1 amide bonds. The quantitative estimate of drug-likeness (QED) is 0.608. The molecule has 1 aromatic carbocycles. The average molecular weight is 211 g/mol. The zero-order chi connectivity index (χ0) is 11.4. The Bertz CT molecular complexity index is 404. The molecule has 0 saturated heterocycles. The maximum Gasteiger partial charge on any atom is 0.338 e. The maximum atomic E-state index is 13.3. The van der Waals surface area contributed by atoms with Crippen molar-refractivity contribution in [3.63, 3.8) is 0 Å². The molecule has 1 rings (SSSR count). The summed E-state index contributed by atoms with van der Waals surface area (Å²) in [5.41, 5.74) is 0.588. The maximum absolute atomic E-state index is 13.3. The minimum Gasteiger partial charge on any atom is -0.465 e. The Labute approximate surface area is 86.0 Å². The Balaban J connectivity index is 3.22. The lowest BCUT2D eigenvalue weighted by molar-refractivity contribution is -0.105. The molecule has 0 aliphatic rings. The summed E-state index contributed by atoms with van der Waals surface area (Å²) in [5.74, 6) is -1.22. The molecule has 80 valence electrons. The molecule has 15 heavy (non-hydrogen) atoms. The van der Waals surface area contributed by atoms with Crippen molar-refractivity contribution in [2.24, 2.45) is 0 Å². The highest BCUT2D eigenvalue weighted by Crippen LogP contribution is 2.20. The van der Waals surface area contributed by atoms with Crippen LogP contribution in [0.2, 0.25) is 0 Å². The molecule has 0 aliphatic heterocycles. The highest BCUT2D eigenvalue weighted by molar-refractivity contribution is 5.91. The van der Waals surface area contributed by atoms with Gasteiger partial charge in [0.05, 0.1) is 12.7 Å². The van der Waals surface area contributed by atoms with Gasteiger partial charge in [0, 0.05) is 11.3 Å². The average Bonchev–Trinajstić information content (AvgIpc) is 2.23. The van der Waals surface area contributed by atoms with E-state index in [4.69, 9.17) is 0 Å². The molecule has 0 spiro atoms. The Morgan fingerprint density at radius 2 is 2.20 bits per heavy atom. The number of halogens is 1. The molecule has 0 fully saturated rings. The first-order valence-electron chi connectivity index (χ1n) is 4.18. The van der Waals surface area contributed by atoms with E-state index in [0.717, 1.165) is 6.07 Å². The number of esters is 1. The van der Waals surface area contributed by atoms with E-state index < -0.39 is 11.8 Å². The fourth-order valence-corrected chi connectivity index (χ4v) is 1.13. The van der Waals surface area contributed by atoms with Gasteiger partial charge in [-0.15, -0.1) is 0 Å². The first-order chi connectivity index (χ1) is 7.10. The standard InChI is InChI=1S/C10H10FNO3/c1-6-8(11)3-7(10(14)15-2)4-9(6)12-5-13/h3-5H,1-2H3,(H,12,13). The highest BCUT2D eigenvalue weighted by atomic mass is 19.1. The number of amides is 1. The minimum absolute atomic E-state index is 0.0601. The van der Waals surface area contributed by atoms with Gasteiger partial charge in [-0.1, -0.05) is 0 Å². The summed E-state index contributed by atoms with van der Waals surface area (Å²) in [4.78, 5) is 21.4. The second kappa shape index (κ2) is 4.54. The van der Waals surface area contributed by atoms with Crippen LogP contribution in [0.4, 0.5) is 10.1 Å². The molecule has 4 nitrogen and oxygen atoms in total. The van der Waals surface area contributed by atoms with Gasteiger partial charge in [-0.2, -0.15) is 0 Å². The van der Waals surface area contributed by atoms with Crippen molar-refractivity contribution in [2.45, 2.75) is 6.92 Å². The molecule has 0 aromatic heterocycles. The van der Waals surface area contributed by atoms with Crippen LogP contribution >= 0.6 is 0 Å². The van der Waals surface area contributed by atoms with Crippen LogP contribution in [-0.4, -0.2) is 19.5 Å². The number of carbonyl (C=O) groups is 2. The van der Waals surface area contributed by atoms with Gasteiger partial charge in [0.15, 0.2) is 0 Å². The van der Waals surface area contributed by atoms with E-state index in [1.807, 2.05) is 0 Å². The van der Waals surface area contributed by atoms with Gasteiger partial charge in [-0.05, 0) is 19.1 Å². The molecular formula is C10H10FNO3. The van der Waals surface area contributed by atoms with Gasteiger partial charge in [0.25, 0.3) is 0 Å². The molecule has 1 N–H and O–H groups in total. The van der Waals surface area contributed by atoms with Crippen LogP contribution in [0.15, 0.2) is 12.1 Å². The Kier molecular flexibility index (Phi) is 3.38. The predicted molar refractivity (Wildman–Crippen MR) is 52.2 cm³/mol. The molecule has 5 heteroatoms. The van der Waals surface area contributed by atoms with Crippen molar-refractivity contribution in [2.75, 3.05) is 12.4 Å². The minimum atomic E-state index is -0.650. The monoisotopic (exact) mass is 211 g/mol. The van der Waals surface area contributed by atoms with Crippen LogP contribution in [0.3, 0.4) is 0 Å². The summed E-state index contributed by atoms with van der Waals surface area (Å²) in [6.45, 7) is 1.50. The first-order valence-corrected chi connectivity index (χ1v) is 4.18. The number of carbonyl (C=O) groups excluding carboxylic acids is 2. The summed E-state index contributed by atoms with van der Waals surface area (Å²) < 4.78 is 17.7. The van der Waals surface area contributed by atoms with Gasteiger partial charge in [0.2, 0.25) is 6.41 Å². The molecule has 0 saturated carbocycles. The molecule has 0 bridgehead atoms. The Morgan fingerprint density at radius 1 is 1.53 bits per heavy atom. The van der Waals surface area contributed by atoms with E-state index in [-0.39, 0.29) is 16.8 Å². The highest BCUT2D eigenvalue weighted by Gasteiger charge is 2.12. The molecule has 1 aromatic rings. The third-order valence-corrected chi connectivity index (χ3v) is 1.98. The second-order valence-electron chi connectivity index (χ2n) is 2.88. The topological polar surface area (TPSA) is 55.4 Å². The molecule has 0 aliphatic carbocycles. The van der Waals surface area contributed by atoms with Gasteiger partial charge >= 0.3 is 5.97 Å². The number of rotatable bonds is 3. The van der Waals surface area contributed by atoms with E-state index in [0.29, 0.717) is 6.41 Å². The predicted octanol–water partition coefficient (Wildman–Crippen LogP) is 1.49. The van der Waals surface area contributed by atoms with E-state index in [9.17, 15) is 14.0 Å². The number of methoxy groups -OCH3 is 1. The smallest absolute Gasteiger partial charge is 0.338 e. The number of benzene rings is 1. The SMILES string of the molecule is COC(=O)c1cc(F)c(C)c(NC=O)c1. The van der Waals surface area contributed by atoms with Crippen molar-refractivity contribution in [1.82, 2.24) is 0 Å². The van der Waals surface area contributed by atoms with E-state index in [1.165, 1.54) is 20.1 Å². The van der Waals surface area contributed by atoms with Crippen molar-refractivity contribution in [3.05, 3.63) is 29.1 Å². The lowest BCUT2D eigenvalue weighted by Crippen LogP contribution is -2.06. The summed E-state index contributed by atoms with van der Waals surface area (Å²) in [7, 11) is 1.20. The largest absolute Gasteiger partial charge is 0.465 e. The first kappa shape index (κ1) is 11.2. The van der Waals surface area contributed by atoms with E-state index >= 15 is 0 Å². The third-order valence-electron chi connectivity index (χ3n) is 1.98. The lowest BCUT2D eigenvalue weighted by Gasteiger charge is -2.07. The third kappa shape index (κ3) is 2.31. The number of hydrogen-bond acceptors (Lipinski definition) is 3. The zero-order valence-electron chi connectivity index (χ0n) is 8.33.